The fourth-order valence-corrected chi connectivity index (χ4v) is 5.15. The van der Waals surface area contributed by atoms with Gasteiger partial charge in [0.2, 0.25) is 21.8 Å². The molecular formula is C24H31N3O4S. The zero-order chi connectivity index (χ0) is 23.5. The van der Waals surface area contributed by atoms with E-state index in [2.05, 4.69) is 10.6 Å². The predicted octanol–water partition coefficient (Wildman–Crippen LogP) is 3.16. The summed E-state index contributed by atoms with van der Waals surface area (Å²) in [7, 11) is -3.57. The van der Waals surface area contributed by atoms with Crippen molar-refractivity contribution in [1.29, 1.82) is 0 Å². The van der Waals surface area contributed by atoms with E-state index in [1.165, 1.54) is 4.31 Å². The number of sulfonamides is 1. The molecule has 1 aliphatic heterocycles. The summed E-state index contributed by atoms with van der Waals surface area (Å²) in [5.41, 5.74) is 3.90. The molecule has 2 amide bonds. The molecule has 1 heterocycles. The first-order valence-corrected chi connectivity index (χ1v) is 12.3. The number of amides is 2. The Kier molecular flexibility index (Phi) is 7.36. The number of nitrogens with zero attached hydrogens (tertiary/aromatic N) is 1. The largest absolute Gasteiger partial charge is 0.344 e. The number of benzene rings is 2. The molecule has 0 aromatic heterocycles. The van der Waals surface area contributed by atoms with Crippen LogP contribution < -0.4 is 10.6 Å². The lowest BCUT2D eigenvalue weighted by atomic mass is 9.97. The van der Waals surface area contributed by atoms with Crippen LogP contribution >= 0.6 is 0 Å². The highest BCUT2D eigenvalue weighted by molar-refractivity contribution is 7.89. The Labute approximate surface area is 190 Å². The van der Waals surface area contributed by atoms with Gasteiger partial charge < -0.3 is 10.6 Å². The highest BCUT2D eigenvalue weighted by atomic mass is 32.2. The van der Waals surface area contributed by atoms with E-state index in [-0.39, 0.29) is 35.7 Å². The van der Waals surface area contributed by atoms with E-state index in [9.17, 15) is 18.0 Å². The summed E-state index contributed by atoms with van der Waals surface area (Å²) in [6, 6.07) is 11.7. The summed E-state index contributed by atoms with van der Waals surface area (Å²) in [5, 5.41) is 5.59. The lowest BCUT2D eigenvalue weighted by Crippen LogP contribution is -2.47. The molecule has 1 atom stereocenters. The third-order valence-electron chi connectivity index (χ3n) is 6.01. The van der Waals surface area contributed by atoms with Crippen molar-refractivity contribution < 1.29 is 18.0 Å². The average molecular weight is 458 g/mol. The van der Waals surface area contributed by atoms with Crippen molar-refractivity contribution in [1.82, 2.24) is 9.62 Å². The van der Waals surface area contributed by atoms with Crippen LogP contribution in [-0.4, -0.2) is 43.7 Å². The quantitative estimate of drug-likeness (QED) is 0.697. The number of nitrogens with one attached hydrogen (secondary N) is 2. The molecule has 1 saturated heterocycles. The Bertz CT molecular complexity index is 1090. The molecule has 0 unspecified atom stereocenters. The molecule has 0 aliphatic carbocycles. The highest BCUT2D eigenvalue weighted by Gasteiger charge is 2.32. The zero-order valence-corrected chi connectivity index (χ0v) is 19.8. The normalized spacial score (nSPS) is 16.4. The minimum Gasteiger partial charge on any atom is -0.344 e. The van der Waals surface area contributed by atoms with Gasteiger partial charge >= 0.3 is 0 Å². The molecule has 1 aliphatic rings. The molecule has 3 rings (SSSR count). The number of hydrogen-bond acceptors (Lipinski definition) is 4. The van der Waals surface area contributed by atoms with Gasteiger partial charge in [0.15, 0.2) is 0 Å². The number of carbonyl (C=O) groups is 2. The maximum absolute atomic E-state index is 12.8. The lowest BCUT2D eigenvalue weighted by molar-refractivity contribution is -0.129. The lowest BCUT2D eigenvalue weighted by Gasteiger charge is -2.31. The summed E-state index contributed by atoms with van der Waals surface area (Å²) >= 11 is 0. The van der Waals surface area contributed by atoms with Crippen molar-refractivity contribution in [3.63, 3.8) is 0 Å². The first kappa shape index (κ1) is 23.9. The fraction of sp³-hybridized carbons (Fsp3) is 0.417. The number of hydrogen-bond donors (Lipinski definition) is 2. The van der Waals surface area contributed by atoms with Crippen LogP contribution in [0, 0.1) is 26.7 Å². The average Bonchev–Trinajstić information content (AvgIpc) is 2.76. The number of aryl methyl sites for hydroxylation is 3. The number of carbonyl (C=O) groups excluding carboxylic acids is 2. The second kappa shape index (κ2) is 9.83. The van der Waals surface area contributed by atoms with Crippen LogP contribution in [0.25, 0.3) is 0 Å². The van der Waals surface area contributed by atoms with Crippen LogP contribution in [0.5, 0.6) is 0 Å². The van der Waals surface area contributed by atoms with Crippen molar-refractivity contribution in [2.24, 2.45) is 5.92 Å². The first-order chi connectivity index (χ1) is 15.1. The molecule has 172 valence electrons. The molecule has 1 fully saturated rings. The van der Waals surface area contributed by atoms with E-state index in [1.807, 2.05) is 39.0 Å². The molecule has 0 saturated carbocycles. The van der Waals surface area contributed by atoms with Gasteiger partial charge in [-0.3, -0.25) is 9.59 Å². The van der Waals surface area contributed by atoms with Gasteiger partial charge in [0.1, 0.15) is 6.04 Å². The van der Waals surface area contributed by atoms with Gasteiger partial charge in [-0.25, -0.2) is 8.42 Å². The van der Waals surface area contributed by atoms with Gasteiger partial charge in [0.05, 0.1) is 4.90 Å². The predicted molar refractivity (Wildman–Crippen MR) is 125 cm³/mol. The van der Waals surface area contributed by atoms with Crippen LogP contribution in [0.3, 0.4) is 0 Å². The van der Waals surface area contributed by atoms with Crippen molar-refractivity contribution in [2.75, 3.05) is 18.4 Å². The summed E-state index contributed by atoms with van der Waals surface area (Å²) in [5.74, 6) is -0.836. The van der Waals surface area contributed by atoms with Gasteiger partial charge in [-0.15, -0.1) is 0 Å². The standard InChI is InChI=1S/C24H31N3O4S/c1-16-5-9-22(10-6-16)32(30,31)27-13-11-20(12-14-27)24(29)25-19(4)23(28)26-21-8-7-17(2)18(3)15-21/h5-10,15,19-20H,11-14H2,1-4H3,(H,25,29)(H,26,28)/t19-/m0/s1. The smallest absolute Gasteiger partial charge is 0.246 e. The Balaban J connectivity index is 1.53. The zero-order valence-electron chi connectivity index (χ0n) is 19.0. The van der Waals surface area contributed by atoms with Crippen LogP contribution in [-0.2, 0) is 19.6 Å². The molecule has 2 N–H and O–H groups in total. The minimum absolute atomic E-state index is 0.222. The van der Waals surface area contributed by atoms with Crippen molar-refractivity contribution in [3.05, 3.63) is 59.2 Å². The summed E-state index contributed by atoms with van der Waals surface area (Å²) < 4.78 is 27.1. The second-order valence-corrected chi connectivity index (χ2v) is 10.4. The summed E-state index contributed by atoms with van der Waals surface area (Å²) in [4.78, 5) is 25.4. The van der Waals surface area contributed by atoms with E-state index in [0.717, 1.165) is 16.7 Å². The van der Waals surface area contributed by atoms with E-state index in [0.29, 0.717) is 18.5 Å². The Morgan fingerprint density at radius 2 is 1.59 bits per heavy atom. The van der Waals surface area contributed by atoms with Crippen molar-refractivity contribution >= 4 is 27.5 Å². The van der Waals surface area contributed by atoms with Gasteiger partial charge in [-0.05, 0) is 75.9 Å². The molecule has 8 heteroatoms. The van der Waals surface area contributed by atoms with Crippen LogP contribution in [0.15, 0.2) is 47.4 Å². The van der Waals surface area contributed by atoms with E-state index >= 15 is 0 Å². The van der Waals surface area contributed by atoms with E-state index in [1.54, 1.807) is 31.2 Å². The molecule has 0 radical (unpaired) electrons. The van der Waals surface area contributed by atoms with Gasteiger partial charge in [-0.2, -0.15) is 4.31 Å². The summed E-state index contributed by atoms with van der Waals surface area (Å²) in [6.07, 6.45) is 0.838. The van der Waals surface area contributed by atoms with Gasteiger partial charge in [0, 0.05) is 24.7 Å². The molecule has 7 nitrogen and oxygen atoms in total. The number of piperidine rings is 1. The van der Waals surface area contributed by atoms with Crippen molar-refractivity contribution in [3.8, 4) is 0 Å². The Hall–Kier alpha value is -2.71. The molecule has 32 heavy (non-hydrogen) atoms. The monoisotopic (exact) mass is 457 g/mol. The summed E-state index contributed by atoms with van der Waals surface area (Å²) in [6.45, 7) is 8.08. The van der Waals surface area contributed by atoms with E-state index < -0.39 is 16.1 Å². The molecule has 2 aromatic rings. The minimum atomic E-state index is -3.57. The molecule has 0 spiro atoms. The van der Waals surface area contributed by atoms with E-state index in [4.69, 9.17) is 0 Å². The fourth-order valence-electron chi connectivity index (χ4n) is 3.68. The molecule has 0 bridgehead atoms. The third-order valence-corrected chi connectivity index (χ3v) is 7.92. The number of anilines is 1. The molecule has 2 aromatic carbocycles. The van der Waals surface area contributed by atoms with Crippen LogP contribution in [0.4, 0.5) is 5.69 Å². The maximum atomic E-state index is 12.8. The number of rotatable bonds is 6. The SMILES string of the molecule is Cc1ccc(S(=O)(=O)N2CCC(C(=O)N[C@@H](C)C(=O)Nc3ccc(C)c(C)c3)CC2)cc1. The van der Waals surface area contributed by atoms with Crippen LogP contribution in [0.2, 0.25) is 0 Å². The van der Waals surface area contributed by atoms with Gasteiger partial charge in [0.25, 0.3) is 0 Å². The van der Waals surface area contributed by atoms with Crippen LogP contribution in [0.1, 0.15) is 36.5 Å². The Morgan fingerprint density at radius 3 is 2.19 bits per heavy atom. The maximum Gasteiger partial charge on any atom is 0.246 e. The highest BCUT2D eigenvalue weighted by Crippen LogP contribution is 2.24. The second-order valence-electron chi connectivity index (χ2n) is 8.51. The molecular weight excluding hydrogens is 426 g/mol. The topological polar surface area (TPSA) is 95.6 Å². The third kappa shape index (κ3) is 5.55. The van der Waals surface area contributed by atoms with Gasteiger partial charge in [-0.1, -0.05) is 23.8 Å². The Morgan fingerprint density at radius 1 is 0.969 bits per heavy atom. The first-order valence-electron chi connectivity index (χ1n) is 10.8. The van der Waals surface area contributed by atoms with Crippen molar-refractivity contribution in [2.45, 2.75) is 51.5 Å².